The van der Waals surface area contributed by atoms with Gasteiger partial charge in [0.1, 0.15) is 5.75 Å². The largest absolute Gasteiger partial charge is 0.497 e. The lowest BCUT2D eigenvalue weighted by molar-refractivity contribution is -0.115. The van der Waals surface area contributed by atoms with Crippen molar-refractivity contribution in [3.63, 3.8) is 0 Å². The van der Waals surface area contributed by atoms with Gasteiger partial charge in [-0.25, -0.2) is 10.1 Å². The van der Waals surface area contributed by atoms with Gasteiger partial charge in [-0.05, 0) is 19.1 Å². The maximum Gasteiger partial charge on any atom is 0.264 e. The Morgan fingerprint density at radius 3 is 2.96 bits per heavy atom. The number of nitrogens with zero attached hydrogens (tertiary/aromatic N) is 4. The number of nitrogens with two attached hydrogens (primary N) is 2. The third kappa shape index (κ3) is 4.36. The number of aromatic nitrogens is 3. The molecule has 0 aliphatic heterocycles. The molecule has 10 heteroatoms. The van der Waals surface area contributed by atoms with Gasteiger partial charge in [-0.15, -0.1) is 10.2 Å². The van der Waals surface area contributed by atoms with Crippen LogP contribution in [-0.2, 0) is 4.79 Å². The molecule has 122 valence electrons. The number of rotatable bonds is 7. The summed E-state index contributed by atoms with van der Waals surface area (Å²) in [5.41, 5.74) is 9.43. The predicted molar refractivity (Wildman–Crippen MR) is 88.9 cm³/mol. The van der Waals surface area contributed by atoms with Crippen molar-refractivity contribution in [3.8, 4) is 5.75 Å². The molecule has 0 aliphatic carbocycles. The number of hydrogen-bond acceptors (Lipinski definition) is 8. The van der Waals surface area contributed by atoms with Gasteiger partial charge in [0.05, 0.1) is 18.6 Å². The number of carbonyl (C=O) groups excluding carboxylic acids is 1. The van der Waals surface area contributed by atoms with Crippen molar-refractivity contribution in [3.05, 3.63) is 29.8 Å². The average molecular weight is 335 g/mol. The molecule has 5 N–H and O–H groups in total. The van der Waals surface area contributed by atoms with Crippen LogP contribution in [0.25, 0.3) is 0 Å². The molecule has 0 unspecified atom stereocenters. The number of carbonyl (C=O) groups is 1. The molecule has 0 fully saturated rings. The van der Waals surface area contributed by atoms with Crippen LogP contribution in [0.4, 0.5) is 5.95 Å². The molecule has 1 heterocycles. The van der Waals surface area contributed by atoms with Crippen LogP contribution < -0.4 is 21.7 Å². The Hall–Kier alpha value is -2.75. The zero-order chi connectivity index (χ0) is 16.8. The molecule has 1 aromatic carbocycles. The van der Waals surface area contributed by atoms with Crippen LogP contribution in [0.15, 0.2) is 34.5 Å². The highest BCUT2D eigenvalue weighted by Gasteiger charge is 2.11. The highest BCUT2D eigenvalue weighted by molar-refractivity contribution is 7.99. The Labute approximate surface area is 137 Å². The van der Waals surface area contributed by atoms with Gasteiger partial charge < -0.3 is 16.3 Å². The van der Waals surface area contributed by atoms with Gasteiger partial charge in [-0.2, -0.15) is 5.10 Å². The molecule has 0 radical (unpaired) electrons. The van der Waals surface area contributed by atoms with Crippen molar-refractivity contribution >= 4 is 29.3 Å². The molecular formula is C13H17N7O2S. The van der Waals surface area contributed by atoms with Crippen molar-refractivity contribution in [2.24, 2.45) is 10.8 Å². The number of methoxy groups -OCH3 is 1. The molecule has 2 aromatic rings. The molecule has 0 saturated carbocycles. The zero-order valence-corrected chi connectivity index (χ0v) is 13.5. The maximum absolute atomic E-state index is 10.8. The van der Waals surface area contributed by atoms with E-state index in [0.29, 0.717) is 5.16 Å². The second-order valence-corrected chi connectivity index (χ2v) is 5.41. The number of thioether (sulfide) groups is 1. The number of hydrogen-bond donors (Lipinski definition) is 3. The van der Waals surface area contributed by atoms with Crippen molar-refractivity contribution in [1.29, 1.82) is 0 Å². The number of anilines is 1. The minimum atomic E-state index is -0.459. The summed E-state index contributed by atoms with van der Waals surface area (Å²) >= 11 is 1.10. The quantitative estimate of drug-likeness (QED) is 0.289. The standard InChI is InChI=1S/C13H17N7O2S/c1-8(9-4-3-5-10(6-9)22-2)16-17-12-18-19-13(20(12)15)23-7-11(14)21/h3-6H,7,15H2,1-2H3,(H2,14,21)(H,17,18)/b16-8+. The van der Waals surface area contributed by atoms with Crippen LogP contribution in [-0.4, -0.2) is 39.4 Å². The summed E-state index contributed by atoms with van der Waals surface area (Å²) in [7, 11) is 1.60. The first-order valence-corrected chi connectivity index (χ1v) is 7.56. The van der Waals surface area contributed by atoms with Crippen LogP contribution in [0.3, 0.4) is 0 Å². The van der Waals surface area contributed by atoms with Gasteiger partial charge >= 0.3 is 0 Å². The van der Waals surface area contributed by atoms with E-state index in [2.05, 4.69) is 20.7 Å². The molecule has 2 rings (SSSR count). The number of amides is 1. The summed E-state index contributed by atoms with van der Waals surface area (Å²) in [6.07, 6.45) is 0. The van der Waals surface area contributed by atoms with E-state index in [9.17, 15) is 4.79 Å². The maximum atomic E-state index is 10.8. The van der Waals surface area contributed by atoms with E-state index in [-0.39, 0.29) is 11.7 Å². The molecule has 1 aromatic heterocycles. The lowest BCUT2D eigenvalue weighted by Crippen LogP contribution is -2.16. The fourth-order valence-corrected chi connectivity index (χ4v) is 2.23. The molecule has 1 amide bonds. The molecule has 0 spiro atoms. The third-order valence-electron chi connectivity index (χ3n) is 2.82. The topological polar surface area (TPSA) is 133 Å². The minimum absolute atomic E-state index is 0.0709. The first-order valence-electron chi connectivity index (χ1n) is 6.57. The number of ether oxygens (including phenoxy) is 1. The number of nitrogens with one attached hydrogen (secondary N) is 1. The Morgan fingerprint density at radius 1 is 1.48 bits per heavy atom. The van der Waals surface area contributed by atoms with Gasteiger partial charge in [0.25, 0.3) is 5.95 Å². The normalized spacial score (nSPS) is 11.3. The van der Waals surface area contributed by atoms with E-state index in [1.54, 1.807) is 7.11 Å². The second-order valence-electron chi connectivity index (χ2n) is 4.47. The lowest BCUT2D eigenvalue weighted by Gasteiger charge is -2.05. The van der Waals surface area contributed by atoms with E-state index in [1.165, 1.54) is 4.68 Å². The van der Waals surface area contributed by atoms with E-state index in [0.717, 1.165) is 28.8 Å². The van der Waals surface area contributed by atoms with E-state index >= 15 is 0 Å². The van der Waals surface area contributed by atoms with Crippen LogP contribution in [0.1, 0.15) is 12.5 Å². The zero-order valence-electron chi connectivity index (χ0n) is 12.7. The molecule has 0 bridgehead atoms. The first-order chi connectivity index (χ1) is 11.0. The molecular weight excluding hydrogens is 318 g/mol. The highest BCUT2D eigenvalue weighted by Crippen LogP contribution is 2.17. The summed E-state index contributed by atoms with van der Waals surface area (Å²) in [6, 6.07) is 7.49. The van der Waals surface area contributed by atoms with E-state index in [4.69, 9.17) is 16.3 Å². The minimum Gasteiger partial charge on any atom is -0.497 e. The number of benzene rings is 1. The highest BCUT2D eigenvalue weighted by atomic mass is 32.2. The summed E-state index contributed by atoms with van der Waals surface area (Å²) in [5.74, 6) is 6.43. The average Bonchev–Trinajstić information content (AvgIpc) is 2.90. The summed E-state index contributed by atoms with van der Waals surface area (Å²) in [4.78, 5) is 10.8. The molecule has 0 saturated heterocycles. The number of hydrazone groups is 1. The van der Waals surface area contributed by atoms with Gasteiger partial charge in [0.2, 0.25) is 11.1 Å². The van der Waals surface area contributed by atoms with Gasteiger partial charge in [0, 0.05) is 5.56 Å². The van der Waals surface area contributed by atoms with Gasteiger partial charge in [0.15, 0.2) is 0 Å². The Kier molecular flexibility index (Phi) is 5.41. The summed E-state index contributed by atoms with van der Waals surface area (Å²) < 4.78 is 6.38. The van der Waals surface area contributed by atoms with Crippen molar-refractivity contribution in [2.45, 2.75) is 12.1 Å². The Balaban J connectivity index is 2.08. The summed E-state index contributed by atoms with van der Waals surface area (Å²) in [6.45, 7) is 1.84. The summed E-state index contributed by atoms with van der Waals surface area (Å²) in [5, 5.41) is 12.3. The Morgan fingerprint density at radius 2 is 2.26 bits per heavy atom. The predicted octanol–water partition coefficient (Wildman–Crippen LogP) is 0.414. The fraction of sp³-hybridized carbons (Fsp3) is 0.231. The molecule has 0 aliphatic rings. The van der Waals surface area contributed by atoms with Crippen LogP contribution >= 0.6 is 11.8 Å². The molecule has 0 atom stereocenters. The molecule has 9 nitrogen and oxygen atoms in total. The van der Waals surface area contributed by atoms with Crippen LogP contribution in [0.5, 0.6) is 5.75 Å². The van der Waals surface area contributed by atoms with E-state index < -0.39 is 5.91 Å². The van der Waals surface area contributed by atoms with Gasteiger partial charge in [-0.1, -0.05) is 23.9 Å². The van der Waals surface area contributed by atoms with E-state index in [1.807, 2.05) is 31.2 Å². The van der Waals surface area contributed by atoms with Crippen LogP contribution in [0.2, 0.25) is 0 Å². The first kappa shape index (κ1) is 16.6. The van der Waals surface area contributed by atoms with Gasteiger partial charge in [-0.3, -0.25) is 4.79 Å². The third-order valence-corrected chi connectivity index (χ3v) is 3.78. The fourth-order valence-electron chi connectivity index (χ4n) is 1.63. The number of primary amides is 1. The van der Waals surface area contributed by atoms with Crippen LogP contribution in [0, 0.1) is 0 Å². The van der Waals surface area contributed by atoms with Crippen molar-refractivity contribution < 1.29 is 9.53 Å². The number of nitrogen functional groups attached to an aromatic ring is 1. The smallest absolute Gasteiger partial charge is 0.264 e. The Bertz CT molecular complexity index is 729. The lowest BCUT2D eigenvalue weighted by atomic mass is 10.1. The SMILES string of the molecule is COc1cccc(/C(C)=N/Nc2nnc(SCC(N)=O)n2N)c1. The monoisotopic (exact) mass is 335 g/mol. The van der Waals surface area contributed by atoms with Crippen molar-refractivity contribution in [1.82, 2.24) is 14.9 Å². The second kappa shape index (κ2) is 7.49. The molecule has 23 heavy (non-hydrogen) atoms. The van der Waals surface area contributed by atoms with Crippen molar-refractivity contribution in [2.75, 3.05) is 24.1 Å².